The van der Waals surface area contributed by atoms with E-state index in [1.54, 1.807) is 6.07 Å². The molecule has 206 valence electrons. The molecule has 1 atom stereocenters. The van der Waals surface area contributed by atoms with Gasteiger partial charge in [0.25, 0.3) is 11.5 Å². The predicted molar refractivity (Wildman–Crippen MR) is 155 cm³/mol. The second-order valence-corrected chi connectivity index (χ2v) is 11.1. The Kier molecular flexibility index (Phi) is 6.71. The Morgan fingerprint density at radius 2 is 1.68 bits per heavy atom. The molecular weight excluding hydrogens is 542 g/mol. The molecule has 6 rings (SSSR count). The summed E-state index contributed by atoms with van der Waals surface area (Å²) in [6.07, 6.45) is 4.02. The van der Waals surface area contributed by atoms with Crippen LogP contribution in [0.1, 0.15) is 50.7 Å². The summed E-state index contributed by atoms with van der Waals surface area (Å²) in [5, 5.41) is 15.7. The fraction of sp³-hybridized carbons (Fsp3) is 0.188. The van der Waals surface area contributed by atoms with Crippen LogP contribution in [0.3, 0.4) is 0 Å². The largest absolute Gasteiger partial charge is 0.478 e. The zero-order valence-electron chi connectivity index (χ0n) is 21.9. The molecule has 1 saturated carbocycles. The van der Waals surface area contributed by atoms with Crippen LogP contribution in [0.2, 0.25) is 5.02 Å². The third-order valence-electron chi connectivity index (χ3n) is 7.76. The smallest absolute Gasteiger partial charge is 0.335 e. The van der Waals surface area contributed by atoms with E-state index < -0.39 is 23.5 Å². The van der Waals surface area contributed by atoms with E-state index in [2.05, 4.69) is 10.6 Å². The van der Waals surface area contributed by atoms with Crippen molar-refractivity contribution in [2.75, 3.05) is 5.32 Å². The summed E-state index contributed by atoms with van der Waals surface area (Å²) in [6.45, 7) is 0. The molecule has 1 aromatic heterocycles. The monoisotopic (exact) mass is 567 g/mol. The number of benzene rings is 3. The molecular formula is C32H26ClN3O5. The van der Waals surface area contributed by atoms with Gasteiger partial charge in [0.05, 0.1) is 11.1 Å². The van der Waals surface area contributed by atoms with Crippen molar-refractivity contribution in [3.05, 3.63) is 123 Å². The Morgan fingerprint density at radius 3 is 2.37 bits per heavy atom. The van der Waals surface area contributed by atoms with Crippen molar-refractivity contribution in [1.82, 2.24) is 9.88 Å². The maximum absolute atomic E-state index is 13.7. The Bertz CT molecular complexity index is 1740. The van der Waals surface area contributed by atoms with E-state index >= 15 is 0 Å². The topological polar surface area (TPSA) is 118 Å². The minimum absolute atomic E-state index is 0.0848. The molecule has 0 saturated heterocycles. The van der Waals surface area contributed by atoms with E-state index in [0.717, 1.165) is 29.5 Å². The molecule has 9 heteroatoms. The van der Waals surface area contributed by atoms with Crippen LogP contribution in [0.4, 0.5) is 5.69 Å². The molecule has 1 unspecified atom stereocenters. The highest BCUT2D eigenvalue weighted by Gasteiger charge is 2.46. The number of rotatable bonds is 6. The van der Waals surface area contributed by atoms with Crippen LogP contribution < -0.4 is 16.2 Å². The number of amides is 2. The summed E-state index contributed by atoms with van der Waals surface area (Å²) < 4.78 is 1.30. The number of pyridine rings is 1. The first-order valence-electron chi connectivity index (χ1n) is 13.3. The lowest BCUT2D eigenvalue weighted by molar-refractivity contribution is -0.119. The fourth-order valence-electron chi connectivity index (χ4n) is 5.39. The van der Waals surface area contributed by atoms with Crippen molar-refractivity contribution in [3.8, 4) is 11.1 Å². The summed E-state index contributed by atoms with van der Waals surface area (Å²) in [7, 11) is 0. The van der Waals surface area contributed by atoms with Gasteiger partial charge in [0.1, 0.15) is 6.04 Å². The normalized spacial score (nSPS) is 15.5. The number of anilines is 1. The standard InChI is InChI=1S/C32H26ClN3O5/c33-22-9-6-21-17-32(12-13-32)35-29(38)26-18-36(28(37)16-25(26)24(21)15-22)27(14-19-4-2-1-3-5-19)30(39)34-23-10-7-20(8-11-23)31(40)41/h1-11,15-16,18,27H,12-14,17H2,(H,34,39)(H,35,38)(H,40,41). The highest BCUT2D eigenvalue weighted by atomic mass is 35.5. The van der Waals surface area contributed by atoms with E-state index in [4.69, 9.17) is 11.6 Å². The summed E-state index contributed by atoms with van der Waals surface area (Å²) in [4.78, 5) is 52.2. The number of nitrogens with zero attached hydrogens (tertiary/aromatic N) is 1. The van der Waals surface area contributed by atoms with Crippen molar-refractivity contribution in [1.29, 1.82) is 0 Å². The average Bonchev–Trinajstić information content (AvgIpc) is 3.71. The van der Waals surface area contributed by atoms with Crippen LogP contribution in [0.5, 0.6) is 0 Å². The zero-order chi connectivity index (χ0) is 28.7. The van der Waals surface area contributed by atoms with Gasteiger partial charge < -0.3 is 20.3 Å². The number of halogens is 1. The van der Waals surface area contributed by atoms with E-state index in [1.807, 2.05) is 42.5 Å². The third kappa shape index (κ3) is 5.38. The molecule has 2 heterocycles. The lowest BCUT2D eigenvalue weighted by Crippen LogP contribution is -2.41. The minimum Gasteiger partial charge on any atom is -0.478 e. The average molecular weight is 568 g/mol. The molecule has 1 spiro atoms. The van der Waals surface area contributed by atoms with Crippen LogP contribution in [0.25, 0.3) is 11.1 Å². The quantitative estimate of drug-likeness (QED) is 0.299. The third-order valence-corrected chi connectivity index (χ3v) is 7.99. The second-order valence-electron chi connectivity index (χ2n) is 10.6. The Labute approximate surface area is 240 Å². The summed E-state index contributed by atoms with van der Waals surface area (Å²) >= 11 is 6.35. The van der Waals surface area contributed by atoms with Crippen molar-refractivity contribution in [2.45, 2.75) is 37.3 Å². The number of aromatic carboxylic acids is 1. The molecule has 3 N–H and O–H groups in total. The number of carbonyl (C=O) groups excluding carboxylic acids is 2. The lowest BCUT2D eigenvalue weighted by Gasteiger charge is -2.26. The number of carboxylic acids is 1. The predicted octanol–water partition coefficient (Wildman–Crippen LogP) is 5.11. The molecule has 4 aromatic rings. The molecule has 8 nitrogen and oxygen atoms in total. The number of hydrogen-bond acceptors (Lipinski definition) is 4. The van der Waals surface area contributed by atoms with Gasteiger partial charge in [-0.25, -0.2) is 4.79 Å². The number of fused-ring (bicyclic) bond motifs is 3. The number of carbonyl (C=O) groups is 3. The van der Waals surface area contributed by atoms with Gasteiger partial charge in [-0.1, -0.05) is 48.0 Å². The van der Waals surface area contributed by atoms with Gasteiger partial charge in [0.15, 0.2) is 0 Å². The van der Waals surface area contributed by atoms with Gasteiger partial charge in [0.2, 0.25) is 5.91 Å². The molecule has 0 radical (unpaired) electrons. The highest BCUT2D eigenvalue weighted by Crippen LogP contribution is 2.43. The van der Waals surface area contributed by atoms with Crippen LogP contribution in [0.15, 0.2) is 89.9 Å². The van der Waals surface area contributed by atoms with Gasteiger partial charge in [0, 0.05) is 40.5 Å². The van der Waals surface area contributed by atoms with E-state index in [1.165, 1.54) is 41.1 Å². The van der Waals surface area contributed by atoms with Crippen LogP contribution in [-0.4, -0.2) is 33.0 Å². The van der Waals surface area contributed by atoms with Gasteiger partial charge in [-0.2, -0.15) is 0 Å². The minimum atomic E-state index is -1.08. The summed E-state index contributed by atoms with van der Waals surface area (Å²) in [6, 6.07) is 21.0. The first-order valence-corrected chi connectivity index (χ1v) is 13.6. The molecule has 1 aliphatic carbocycles. The van der Waals surface area contributed by atoms with Gasteiger partial charge in [-0.3, -0.25) is 14.4 Å². The van der Waals surface area contributed by atoms with Crippen LogP contribution >= 0.6 is 11.6 Å². The Hall–Kier alpha value is -4.69. The molecule has 2 amide bonds. The first kappa shape index (κ1) is 26.5. The maximum Gasteiger partial charge on any atom is 0.335 e. The summed E-state index contributed by atoms with van der Waals surface area (Å²) in [5.74, 6) is -1.86. The Balaban J connectivity index is 1.44. The molecule has 1 aliphatic heterocycles. The molecule has 3 aromatic carbocycles. The molecule has 1 fully saturated rings. The van der Waals surface area contributed by atoms with E-state index in [-0.39, 0.29) is 29.0 Å². The number of nitrogens with one attached hydrogen (secondary N) is 2. The molecule has 41 heavy (non-hydrogen) atoms. The van der Waals surface area contributed by atoms with Crippen LogP contribution in [0, 0.1) is 0 Å². The van der Waals surface area contributed by atoms with Gasteiger partial charge >= 0.3 is 5.97 Å². The molecule has 0 bridgehead atoms. The van der Waals surface area contributed by atoms with Gasteiger partial charge in [-0.15, -0.1) is 0 Å². The number of hydrogen-bond donors (Lipinski definition) is 3. The van der Waals surface area contributed by atoms with Crippen molar-refractivity contribution in [3.63, 3.8) is 0 Å². The highest BCUT2D eigenvalue weighted by molar-refractivity contribution is 6.31. The first-order chi connectivity index (χ1) is 19.7. The number of aromatic nitrogens is 1. The number of carboxylic acid groups (broad SMARTS) is 1. The second kappa shape index (κ2) is 10.4. The fourth-order valence-corrected chi connectivity index (χ4v) is 5.57. The SMILES string of the molecule is O=C(O)c1ccc(NC(=O)C(Cc2ccccc2)n2cc3c(cc2=O)-c2cc(Cl)ccc2CC2(CC2)NC3=O)cc1. The van der Waals surface area contributed by atoms with Gasteiger partial charge in [-0.05, 0) is 72.4 Å². The lowest BCUT2D eigenvalue weighted by atomic mass is 9.89. The summed E-state index contributed by atoms with van der Waals surface area (Å²) in [5.41, 5.74) is 3.01. The Morgan fingerprint density at radius 1 is 0.951 bits per heavy atom. The van der Waals surface area contributed by atoms with Crippen molar-refractivity contribution >= 4 is 35.1 Å². The molecule has 2 aliphatic rings. The zero-order valence-corrected chi connectivity index (χ0v) is 22.6. The van der Waals surface area contributed by atoms with Crippen molar-refractivity contribution in [2.24, 2.45) is 0 Å². The van der Waals surface area contributed by atoms with E-state index in [0.29, 0.717) is 22.7 Å². The maximum atomic E-state index is 13.7. The van der Waals surface area contributed by atoms with E-state index in [9.17, 15) is 24.3 Å². The van der Waals surface area contributed by atoms with Crippen LogP contribution in [-0.2, 0) is 17.6 Å². The van der Waals surface area contributed by atoms with Crippen molar-refractivity contribution < 1.29 is 19.5 Å².